The number of hydrogen-bond donors (Lipinski definition) is 0. The molecule has 0 bridgehead atoms. The third-order valence-electron chi connectivity index (χ3n) is 4.27. The molecule has 1 heterocycles. The predicted molar refractivity (Wildman–Crippen MR) is 81.3 cm³/mol. The van der Waals surface area contributed by atoms with Gasteiger partial charge in [-0.25, -0.2) is 0 Å². The van der Waals surface area contributed by atoms with Crippen molar-refractivity contribution in [3.63, 3.8) is 0 Å². The summed E-state index contributed by atoms with van der Waals surface area (Å²) in [5, 5.41) is 8.73. The molecule has 0 aliphatic heterocycles. The highest BCUT2D eigenvalue weighted by Crippen LogP contribution is 2.35. The lowest BCUT2D eigenvalue weighted by atomic mass is 9.82. The first kappa shape index (κ1) is 13.6. The van der Waals surface area contributed by atoms with E-state index in [0.717, 1.165) is 23.3 Å². The minimum Gasteiger partial charge on any atom is -0.282 e. The zero-order valence-corrected chi connectivity index (χ0v) is 12.6. The molecule has 1 saturated carbocycles. The van der Waals surface area contributed by atoms with E-state index < -0.39 is 0 Å². The Morgan fingerprint density at radius 3 is 2.45 bits per heavy atom. The average Bonchev–Trinajstić information content (AvgIpc) is 2.93. The summed E-state index contributed by atoms with van der Waals surface area (Å²) in [4.78, 5) is 0. The van der Waals surface area contributed by atoms with Gasteiger partial charge in [0.25, 0.3) is 0 Å². The fourth-order valence-corrected chi connectivity index (χ4v) is 3.23. The fourth-order valence-electron chi connectivity index (χ4n) is 3.06. The number of halogens is 1. The van der Waals surface area contributed by atoms with Crippen LogP contribution in [-0.4, -0.2) is 14.8 Å². The van der Waals surface area contributed by atoms with E-state index in [2.05, 4.69) is 33.8 Å². The third kappa shape index (κ3) is 2.59. The number of nitrogens with zero attached hydrogens (tertiary/aromatic N) is 3. The standard InChI is InChI=1S/C16H20ClN3/c1-12-7-9-13(10-8-12)16-19-18-15(11-17)20(16)14-5-3-2-4-6-14/h2-6,12-13H,7-11H2,1H3. The third-order valence-corrected chi connectivity index (χ3v) is 4.51. The first-order chi connectivity index (χ1) is 9.79. The summed E-state index contributed by atoms with van der Waals surface area (Å²) >= 11 is 6.03. The molecule has 1 aliphatic rings. The van der Waals surface area contributed by atoms with Gasteiger partial charge < -0.3 is 0 Å². The summed E-state index contributed by atoms with van der Waals surface area (Å²) in [6.45, 7) is 2.34. The minimum absolute atomic E-state index is 0.394. The molecule has 1 aromatic heterocycles. The molecule has 3 nitrogen and oxygen atoms in total. The van der Waals surface area contributed by atoms with Gasteiger partial charge in [0, 0.05) is 11.6 Å². The first-order valence-electron chi connectivity index (χ1n) is 7.35. The van der Waals surface area contributed by atoms with Gasteiger partial charge in [-0.15, -0.1) is 21.8 Å². The molecular weight excluding hydrogens is 270 g/mol. The molecule has 2 aromatic rings. The monoisotopic (exact) mass is 289 g/mol. The van der Waals surface area contributed by atoms with E-state index in [9.17, 15) is 0 Å². The van der Waals surface area contributed by atoms with Crippen LogP contribution in [0.15, 0.2) is 30.3 Å². The zero-order chi connectivity index (χ0) is 13.9. The largest absolute Gasteiger partial charge is 0.282 e. The molecule has 0 unspecified atom stereocenters. The highest BCUT2D eigenvalue weighted by molar-refractivity contribution is 6.16. The van der Waals surface area contributed by atoms with Crippen LogP contribution < -0.4 is 0 Å². The summed E-state index contributed by atoms with van der Waals surface area (Å²) < 4.78 is 2.15. The molecule has 106 valence electrons. The van der Waals surface area contributed by atoms with Crippen molar-refractivity contribution in [2.45, 2.75) is 44.4 Å². The molecule has 0 atom stereocenters. The normalized spacial score (nSPS) is 22.9. The second-order valence-electron chi connectivity index (χ2n) is 5.74. The first-order valence-corrected chi connectivity index (χ1v) is 7.88. The maximum absolute atomic E-state index is 6.03. The lowest BCUT2D eigenvalue weighted by Crippen LogP contribution is -2.15. The van der Waals surface area contributed by atoms with E-state index in [4.69, 9.17) is 11.6 Å². The number of aromatic nitrogens is 3. The number of alkyl halides is 1. The summed E-state index contributed by atoms with van der Waals surface area (Å²) in [6, 6.07) is 10.3. The molecule has 1 aliphatic carbocycles. The van der Waals surface area contributed by atoms with Crippen molar-refractivity contribution in [2.24, 2.45) is 5.92 Å². The van der Waals surface area contributed by atoms with E-state index in [1.54, 1.807) is 0 Å². The van der Waals surface area contributed by atoms with Crippen molar-refractivity contribution in [1.29, 1.82) is 0 Å². The Morgan fingerprint density at radius 2 is 1.80 bits per heavy atom. The van der Waals surface area contributed by atoms with Gasteiger partial charge in [-0.2, -0.15) is 0 Å². The molecular formula is C16H20ClN3. The Labute approximate surface area is 125 Å². The Kier molecular flexibility index (Phi) is 4.06. The van der Waals surface area contributed by atoms with Crippen LogP contribution in [0.2, 0.25) is 0 Å². The van der Waals surface area contributed by atoms with Crippen molar-refractivity contribution >= 4 is 11.6 Å². The van der Waals surface area contributed by atoms with Crippen LogP contribution in [0.25, 0.3) is 5.69 Å². The van der Waals surface area contributed by atoms with Gasteiger partial charge in [0.1, 0.15) is 5.82 Å². The van der Waals surface area contributed by atoms with Crippen molar-refractivity contribution in [1.82, 2.24) is 14.8 Å². The van der Waals surface area contributed by atoms with Gasteiger partial charge in [-0.1, -0.05) is 38.0 Å². The molecule has 0 spiro atoms. The van der Waals surface area contributed by atoms with Crippen molar-refractivity contribution in [3.8, 4) is 5.69 Å². The number of hydrogen-bond acceptors (Lipinski definition) is 2. The molecule has 0 N–H and O–H groups in total. The van der Waals surface area contributed by atoms with Crippen LogP contribution in [0.4, 0.5) is 0 Å². The van der Waals surface area contributed by atoms with Gasteiger partial charge in [-0.05, 0) is 30.9 Å². The van der Waals surface area contributed by atoms with Crippen molar-refractivity contribution < 1.29 is 0 Å². The van der Waals surface area contributed by atoms with E-state index in [1.165, 1.54) is 25.7 Å². The molecule has 4 heteroatoms. The van der Waals surface area contributed by atoms with Crippen LogP contribution in [0.1, 0.15) is 50.2 Å². The second kappa shape index (κ2) is 5.96. The summed E-state index contributed by atoms with van der Waals surface area (Å²) in [5.41, 5.74) is 1.11. The quantitative estimate of drug-likeness (QED) is 0.789. The maximum atomic E-state index is 6.03. The average molecular weight is 290 g/mol. The van der Waals surface area contributed by atoms with Gasteiger partial charge >= 0.3 is 0 Å². The summed E-state index contributed by atoms with van der Waals surface area (Å²) in [7, 11) is 0. The highest BCUT2D eigenvalue weighted by atomic mass is 35.5. The number of benzene rings is 1. The Bertz CT molecular complexity index is 556. The summed E-state index contributed by atoms with van der Waals surface area (Å²) in [5.74, 6) is 3.67. The number of para-hydroxylation sites is 1. The Hall–Kier alpha value is -1.35. The molecule has 20 heavy (non-hydrogen) atoms. The summed E-state index contributed by atoms with van der Waals surface area (Å²) in [6.07, 6.45) is 4.97. The number of rotatable bonds is 3. The second-order valence-corrected chi connectivity index (χ2v) is 6.00. The highest BCUT2D eigenvalue weighted by Gasteiger charge is 2.25. The Balaban J connectivity index is 1.98. The van der Waals surface area contributed by atoms with Crippen LogP contribution >= 0.6 is 11.6 Å². The van der Waals surface area contributed by atoms with E-state index >= 15 is 0 Å². The Morgan fingerprint density at radius 1 is 1.10 bits per heavy atom. The van der Waals surface area contributed by atoms with Crippen LogP contribution in [0, 0.1) is 5.92 Å². The molecule has 0 radical (unpaired) electrons. The molecule has 1 fully saturated rings. The van der Waals surface area contributed by atoms with Crippen LogP contribution in [-0.2, 0) is 5.88 Å². The van der Waals surface area contributed by atoms with E-state index in [-0.39, 0.29) is 0 Å². The molecule has 3 rings (SSSR count). The van der Waals surface area contributed by atoms with Crippen LogP contribution in [0.3, 0.4) is 0 Å². The molecule has 0 amide bonds. The lowest BCUT2D eigenvalue weighted by Gasteiger charge is -2.26. The van der Waals surface area contributed by atoms with Gasteiger partial charge in [0.05, 0.1) is 5.88 Å². The van der Waals surface area contributed by atoms with Crippen LogP contribution in [0.5, 0.6) is 0 Å². The van der Waals surface area contributed by atoms with Crippen molar-refractivity contribution in [3.05, 3.63) is 42.0 Å². The predicted octanol–water partition coefficient (Wildman–Crippen LogP) is 4.30. The smallest absolute Gasteiger partial charge is 0.152 e. The van der Waals surface area contributed by atoms with E-state index in [0.29, 0.717) is 11.8 Å². The van der Waals surface area contributed by atoms with Crippen molar-refractivity contribution in [2.75, 3.05) is 0 Å². The zero-order valence-electron chi connectivity index (χ0n) is 11.8. The lowest BCUT2D eigenvalue weighted by molar-refractivity contribution is 0.337. The van der Waals surface area contributed by atoms with E-state index in [1.807, 2.05) is 18.2 Å². The SMILES string of the molecule is CC1CCC(c2nnc(CCl)n2-c2ccccc2)CC1. The van der Waals surface area contributed by atoms with Gasteiger partial charge in [0.2, 0.25) is 0 Å². The molecule has 0 saturated heterocycles. The topological polar surface area (TPSA) is 30.7 Å². The van der Waals surface area contributed by atoms with Gasteiger partial charge in [0.15, 0.2) is 5.82 Å². The fraction of sp³-hybridized carbons (Fsp3) is 0.500. The van der Waals surface area contributed by atoms with Gasteiger partial charge in [-0.3, -0.25) is 4.57 Å². The molecule has 1 aromatic carbocycles. The minimum atomic E-state index is 0.394. The maximum Gasteiger partial charge on any atom is 0.152 e.